The lowest BCUT2D eigenvalue weighted by Crippen LogP contribution is -2.28. The monoisotopic (exact) mass is 145 g/mol. The van der Waals surface area contributed by atoms with Crippen molar-refractivity contribution in [2.24, 2.45) is 11.8 Å². The van der Waals surface area contributed by atoms with Gasteiger partial charge in [-0.2, -0.15) is 0 Å². The van der Waals surface area contributed by atoms with Gasteiger partial charge in [-0.3, -0.25) is 0 Å². The summed E-state index contributed by atoms with van der Waals surface area (Å²) in [4.78, 5) is 0. The molecule has 0 bridgehead atoms. The smallest absolute Gasteiger partial charge is 0.0619 e. The first-order chi connectivity index (χ1) is 4.20. The number of hydrogen-bond donors (Lipinski definition) is 0. The van der Waals surface area contributed by atoms with Gasteiger partial charge >= 0.3 is 0 Å². The highest BCUT2D eigenvalue weighted by Crippen LogP contribution is 2.23. The second-order valence-electron chi connectivity index (χ2n) is 3.40. The van der Waals surface area contributed by atoms with Gasteiger partial charge in [-0.25, -0.2) is 0 Å². The summed E-state index contributed by atoms with van der Waals surface area (Å²) in [6.45, 7) is 4.79. The molecular weight excluding hydrogens is 128 g/mol. The van der Waals surface area contributed by atoms with Gasteiger partial charge in [0, 0.05) is 5.92 Å². The maximum atomic E-state index is 2.41. The first-order valence-corrected chi connectivity index (χ1v) is 5.76. The molecule has 0 aliphatic carbocycles. The quantitative estimate of drug-likeness (QED) is 0.457. The summed E-state index contributed by atoms with van der Waals surface area (Å²) < 4.78 is 0. The average Bonchev–Trinajstić information content (AvgIpc) is 1.80. The predicted octanol–water partition coefficient (Wildman–Crippen LogP) is 1.91. The van der Waals surface area contributed by atoms with E-state index in [1.165, 1.54) is 17.9 Å². The molecule has 0 radical (unpaired) electrons. The van der Waals surface area contributed by atoms with E-state index in [-0.39, 0.29) is 0 Å². The second kappa shape index (κ2) is 2.96. The van der Waals surface area contributed by atoms with Gasteiger partial charge in [0.05, 0.1) is 6.26 Å². The molecule has 1 fully saturated rings. The van der Waals surface area contributed by atoms with Crippen molar-refractivity contribution in [3.63, 3.8) is 0 Å². The van der Waals surface area contributed by atoms with Gasteiger partial charge in [0.1, 0.15) is 11.5 Å². The third-order valence-electron chi connectivity index (χ3n) is 2.44. The molecule has 1 aliphatic rings. The van der Waals surface area contributed by atoms with Crippen LogP contribution in [-0.4, -0.2) is 17.8 Å². The van der Waals surface area contributed by atoms with Gasteiger partial charge in [-0.05, 0) is 23.2 Å². The SMILES string of the molecule is CC1CC[S+](C)CC1C. The molecule has 1 saturated heterocycles. The van der Waals surface area contributed by atoms with Crippen LogP contribution in [-0.2, 0) is 10.9 Å². The zero-order valence-electron chi connectivity index (χ0n) is 6.68. The van der Waals surface area contributed by atoms with Crippen molar-refractivity contribution in [3.8, 4) is 0 Å². The summed E-state index contributed by atoms with van der Waals surface area (Å²) in [6, 6.07) is 0. The van der Waals surface area contributed by atoms with Gasteiger partial charge in [0.2, 0.25) is 0 Å². The van der Waals surface area contributed by atoms with E-state index in [0.29, 0.717) is 0 Å². The maximum Gasteiger partial charge on any atom is 0.110 e. The van der Waals surface area contributed by atoms with Crippen LogP contribution in [0.25, 0.3) is 0 Å². The Morgan fingerprint density at radius 1 is 1.22 bits per heavy atom. The third kappa shape index (κ3) is 1.89. The van der Waals surface area contributed by atoms with Crippen LogP contribution in [0.4, 0.5) is 0 Å². The van der Waals surface area contributed by atoms with E-state index in [1.54, 1.807) is 0 Å². The largest absolute Gasteiger partial charge is 0.110 e. The minimum Gasteiger partial charge on any atom is -0.0619 e. The molecule has 9 heavy (non-hydrogen) atoms. The highest BCUT2D eigenvalue weighted by Gasteiger charge is 2.27. The van der Waals surface area contributed by atoms with Gasteiger partial charge < -0.3 is 0 Å². The highest BCUT2D eigenvalue weighted by atomic mass is 32.2. The maximum absolute atomic E-state index is 2.41. The number of hydrogen-bond acceptors (Lipinski definition) is 0. The second-order valence-corrected chi connectivity index (χ2v) is 5.70. The minimum atomic E-state index is 0.759. The molecule has 1 rings (SSSR count). The van der Waals surface area contributed by atoms with Crippen molar-refractivity contribution in [3.05, 3.63) is 0 Å². The molecule has 0 saturated carbocycles. The van der Waals surface area contributed by atoms with Crippen LogP contribution in [0.5, 0.6) is 0 Å². The lowest BCUT2D eigenvalue weighted by molar-refractivity contribution is 0.403. The van der Waals surface area contributed by atoms with Crippen molar-refractivity contribution >= 4 is 10.9 Å². The molecule has 0 aromatic heterocycles. The Morgan fingerprint density at radius 2 is 1.89 bits per heavy atom. The lowest BCUT2D eigenvalue weighted by Gasteiger charge is -2.23. The summed E-state index contributed by atoms with van der Waals surface area (Å²) in [5, 5.41) is 0. The molecule has 0 spiro atoms. The average molecular weight is 145 g/mol. The van der Waals surface area contributed by atoms with E-state index >= 15 is 0 Å². The van der Waals surface area contributed by atoms with Crippen LogP contribution in [0.1, 0.15) is 20.3 Å². The Kier molecular flexibility index (Phi) is 2.45. The van der Waals surface area contributed by atoms with Crippen molar-refractivity contribution in [1.29, 1.82) is 0 Å². The van der Waals surface area contributed by atoms with Crippen LogP contribution in [0.3, 0.4) is 0 Å². The fourth-order valence-electron chi connectivity index (χ4n) is 1.37. The Hall–Kier alpha value is 0.350. The standard InChI is InChI=1S/C8H17S/c1-7-4-5-9(3)6-8(7)2/h7-8H,4-6H2,1-3H3/q+1. The summed E-state index contributed by atoms with van der Waals surface area (Å²) in [5.41, 5.74) is 0. The lowest BCUT2D eigenvalue weighted by atomic mass is 9.95. The van der Waals surface area contributed by atoms with Crippen LogP contribution >= 0.6 is 0 Å². The topological polar surface area (TPSA) is 0 Å². The molecule has 0 N–H and O–H groups in total. The fourth-order valence-corrected chi connectivity index (χ4v) is 3.53. The van der Waals surface area contributed by atoms with Crippen LogP contribution < -0.4 is 0 Å². The van der Waals surface area contributed by atoms with E-state index in [2.05, 4.69) is 20.1 Å². The van der Waals surface area contributed by atoms with E-state index < -0.39 is 0 Å². The molecule has 0 nitrogen and oxygen atoms in total. The first-order valence-electron chi connectivity index (χ1n) is 3.79. The van der Waals surface area contributed by atoms with Crippen molar-refractivity contribution in [2.45, 2.75) is 20.3 Å². The summed E-state index contributed by atoms with van der Waals surface area (Å²) >= 11 is 0. The van der Waals surface area contributed by atoms with E-state index in [0.717, 1.165) is 22.7 Å². The van der Waals surface area contributed by atoms with Crippen LogP contribution in [0.2, 0.25) is 0 Å². The van der Waals surface area contributed by atoms with E-state index in [1.807, 2.05) is 0 Å². The number of rotatable bonds is 0. The Bertz CT molecular complexity index is 90.6. The fraction of sp³-hybridized carbons (Fsp3) is 1.00. The van der Waals surface area contributed by atoms with Gasteiger partial charge in [0.25, 0.3) is 0 Å². The van der Waals surface area contributed by atoms with E-state index in [9.17, 15) is 0 Å². The van der Waals surface area contributed by atoms with Crippen molar-refractivity contribution in [2.75, 3.05) is 17.8 Å². The third-order valence-corrected chi connectivity index (χ3v) is 4.47. The molecule has 3 atom stereocenters. The molecule has 54 valence electrons. The Morgan fingerprint density at radius 3 is 2.33 bits per heavy atom. The Balaban J connectivity index is 2.35. The molecule has 3 unspecified atom stereocenters. The minimum absolute atomic E-state index is 0.759. The summed E-state index contributed by atoms with van der Waals surface area (Å²) in [6.07, 6.45) is 3.88. The Labute approximate surface area is 61.4 Å². The van der Waals surface area contributed by atoms with Crippen molar-refractivity contribution in [1.82, 2.24) is 0 Å². The van der Waals surface area contributed by atoms with Crippen LogP contribution in [0, 0.1) is 11.8 Å². The molecule has 1 aliphatic heterocycles. The molecule has 0 aromatic carbocycles. The summed E-state index contributed by atoms with van der Waals surface area (Å²) in [5.74, 6) is 4.97. The first kappa shape index (κ1) is 7.46. The molecule has 1 heterocycles. The normalized spacial score (nSPS) is 45.0. The molecule has 0 aromatic rings. The van der Waals surface area contributed by atoms with Crippen molar-refractivity contribution < 1.29 is 0 Å². The van der Waals surface area contributed by atoms with Gasteiger partial charge in [-0.1, -0.05) is 13.8 Å². The zero-order valence-corrected chi connectivity index (χ0v) is 7.50. The van der Waals surface area contributed by atoms with Gasteiger partial charge in [0.15, 0.2) is 0 Å². The molecular formula is C8H17S+. The highest BCUT2D eigenvalue weighted by molar-refractivity contribution is 7.96. The molecule has 0 amide bonds. The van der Waals surface area contributed by atoms with Crippen LogP contribution in [0.15, 0.2) is 0 Å². The van der Waals surface area contributed by atoms with E-state index in [4.69, 9.17) is 0 Å². The predicted molar refractivity (Wildman–Crippen MR) is 46.0 cm³/mol. The molecule has 1 heteroatoms. The summed E-state index contributed by atoms with van der Waals surface area (Å²) in [7, 11) is 0.759. The zero-order chi connectivity index (χ0) is 6.85. The van der Waals surface area contributed by atoms with Gasteiger partial charge in [-0.15, -0.1) is 0 Å².